The lowest BCUT2D eigenvalue weighted by Crippen LogP contribution is -2.06. The Morgan fingerprint density at radius 2 is 1.67 bits per heavy atom. The van der Waals surface area contributed by atoms with Gasteiger partial charge in [-0.3, -0.25) is 0 Å². The number of aromatic nitrogens is 3. The molecule has 3 aromatic rings. The topological polar surface area (TPSA) is 88.8 Å². The minimum Gasteiger partial charge on any atom is -0.393 e. The fourth-order valence-electron chi connectivity index (χ4n) is 2.03. The molecule has 0 spiro atoms. The number of halogens is 2. The first-order valence-corrected chi connectivity index (χ1v) is 7.05. The van der Waals surface area contributed by atoms with E-state index in [1.807, 2.05) is 19.1 Å². The van der Waals surface area contributed by atoms with Crippen molar-refractivity contribution in [2.45, 2.75) is 6.92 Å². The quantitative estimate of drug-likeness (QED) is 0.679. The van der Waals surface area contributed by atoms with Crippen molar-refractivity contribution in [2.75, 3.05) is 16.4 Å². The number of benzene rings is 1. The second-order valence-corrected chi connectivity index (χ2v) is 5.08. The van der Waals surface area contributed by atoms with Gasteiger partial charge in [-0.05, 0) is 36.8 Å². The van der Waals surface area contributed by atoms with E-state index in [4.69, 9.17) is 5.73 Å². The monoisotopic (exact) mass is 328 g/mol. The molecule has 24 heavy (non-hydrogen) atoms. The van der Waals surface area contributed by atoms with Gasteiger partial charge in [-0.2, -0.15) is 0 Å². The highest BCUT2D eigenvalue weighted by Gasteiger charge is 2.10. The number of hydrogen-bond donors (Lipinski definition) is 3. The summed E-state index contributed by atoms with van der Waals surface area (Å²) in [6.07, 6.45) is 2.96. The minimum absolute atomic E-state index is 0.227. The summed E-state index contributed by atoms with van der Waals surface area (Å²) >= 11 is 0. The second kappa shape index (κ2) is 6.45. The Hall–Kier alpha value is -3.29. The highest BCUT2D eigenvalue weighted by atomic mass is 19.2. The van der Waals surface area contributed by atoms with Crippen molar-refractivity contribution < 1.29 is 8.78 Å². The van der Waals surface area contributed by atoms with Gasteiger partial charge in [-0.25, -0.2) is 23.7 Å². The summed E-state index contributed by atoms with van der Waals surface area (Å²) in [7, 11) is 0. The molecule has 2 aromatic heterocycles. The number of rotatable bonds is 4. The maximum Gasteiger partial charge on any atom is 0.160 e. The first kappa shape index (κ1) is 15.6. The summed E-state index contributed by atoms with van der Waals surface area (Å²) in [5.74, 6) is -0.683. The summed E-state index contributed by atoms with van der Waals surface area (Å²) in [5, 5.41) is 5.83. The minimum atomic E-state index is -0.963. The fourth-order valence-corrected chi connectivity index (χ4v) is 2.03. The molecule has 0 aliphatic carbocycles. The molecule has 122 valence electrons. The predicted molar refractivity (Wildman–Crippen MR) is 88.3 cm³/mol. The van der Waals surface area contributed by atoms with Gasteiger partial charge in [0.2, 0.25) is 0 Å². The molecular formula is C16H14F2N6. The standard InChI is InChI=1S/C16H14F2N6/c1-9-4-5-20-13(6-9)24-16-14(19)15(21-8-22-16)23-10-2-3-11(17)12(18)7-10/h2-8H,19H2,1H3,(H2,20,21,22,23,24). The predicted octanol–water partition coefficient (Wildman–Crippen LogP) is 3.53. The number of anilines is 5. The van der Waals surface area contributed by atoms with E-state index in [9.17, 15) is 8.78 Å². The van der Waals surface area contributed by atoms with E-state index in [1.165, 1.54) is 12.4 Å². The van der Waals surface area contributed by atoms with E-state index in [0.717, 1.165) is 17.7 Å². The van der Waals surface area contributed by atoms with Gasteiger partial charge in [0.1, 0.15) is 17.8 Å². The number of aryl methyl sites for hydroxylation is 1. The number of nitrogen functional groups attached to an aromatic ring is 1. The van der Waals surface area contributed by atoms with Crippen molar-refractivity contribution in [2.24, 2.45) is 0 Å². The Morgan fingerprint density at radius 1 is 0.917 bits per heavy atom. The van der Waals surface area contributed by atoms with Crippen LogP contribution in [0.5, 0.6) is 0 Å². The van der Waals surface area contributed by atoms with Crippen LogP contribution in [0.4, 0.5) is 37.6 Å². The van der Waals surface area contributed by atoms with Gasteiger partial charge in [0, 0.05) is 18.0 Å². The zero-order valence-electron chi connectivity index (χ0n) is 12.7. The molecule has 2 heterocycles. The number of hydrogen-bond acceptors (Lipinski definition) is 6. The van der Waals surface area contributed by atoms with E-state index >= 15 is 0 Å². The summed E-state index contributed by atoms with van der Waals surface area (Å²) in [6.45, 7) is 1.94. The highest BCUT2D eigenvalue weighted by molar-refractivity contribution is 5.79. The first-order chi connectivity index (χ1) is 11.5. The molecule has 0 aliphatic rings. The average molecular weight is 328 g/mol. The zero-order chi connectivity index (χ0) is 17.1. The van der Waals surface area contributed by atoms with Crippen molar-refractivity contribution in [3.8, 4) is 0 Å². The number of nitrogens with one attached hydrogen (secondary N) is 2. The molecule has 6 nitrogen and oxygen atoms in total. The van der Waals surface area contributed by atoms with E-state index in [1.54, 1.807) is 6.20 Å². The number of nitrogens with zero attached hydrogens (tertiary/aromatic N) is 3. The Bertz CT molecular complexity index is 884. The van der Waals surface area contributed by atoms with Gasteiger partial charge in [-0.1, -0.05) is 0 Å². The lowest BCUT2D eigenvalue weighted by molar-refractivity contribution is 0.509. The van der Waals surface area contributed by atoms with Gasteiger partial charge in [0.05, 0.1) is 0 Å². The Morgan fingerprint density at radius 3 is 2.38 bits per heavy atom. The number of nitrogens with two attached hydrogens (primary N) is 1. The molecular weight excluding hydrogens is 314 g/mol. The zero-order valence-corrected chi connectivity index (χ0v) is 12.7. The largest absolute Gasteiger partial charge is 0.393 e. The molecule has 0 radical (unpaired) electrons. The Labute approximate surface area is 136 Å². The van der Waals surface area contributed by atoms with E-state index in [2.05, 4.69) is 25.6 Å². The van der Waals surface area contributed by atoms with E-state index < -0.39 is 11.6 Å². The van der Waals surface area contributed by atoms with Crippen molar-refractivity contribution in [1.82, 2.24) is 15.0 Å². The molecule has 3 rings (SSSR count). The molecule has 0 fully saturated rings. The van der Waals surface area contributed by atoms with Gasteiger partial charge >= 0.3 is 0 Å². The number of pyridine rings is 1. The lowest BCUT2D eigenvalue weighted by atomic mass is 10.3. The van der Waals surface area contributed by atoms with Crippen LogP contribution >= 0.6 is 0 Å². The second-order valence-electron chi connectivity index (χ2n) is 5.08. The van der Waals surface area contributed by atoms with Gasteiger partial charge in [-0.15, -0.1) is 0 Å². The van der Waals surface area contributed by atoms with Crippen LogP contribution in [0.2, 0.25) is 0 Å². The summed E-state index contributed by atoms with van der Waals surface area (Å²) < 4.78 is 26.3. The van der Waals surface area contributed by atoms with E-state index in [-0.39, 0.29) is 11.5 Å². The maximum absolute atomic E-state index is 13.3. The summed E-state index contributed by atoms with van der Waals surface area (Å²) in [4.78, 5) is 12.3. The molecule has 0 aliphatic heterocycles. The molecule has 0 bridgehead atoms. The van der Waals surface area contributed by atoms with Crippen LogP contribution in [-0.4, -0.2) is 15.0 Å². The fraction of sp³-hybridized carbons (Fsp3) is 0.0625. The van der Waals surface area contributed by atoms with Crippen LogP contribution in [0.25, 0.3) is 0 Å². The highest BCUT2D eigenvalue weighted by Crippen LogP contribution is 2.28. The molecule has 1 aromatic carbocycles. The molecule has 0 amide bonds. The van der Waals surface area contributed by atoms with E-state index in [0.29, 0.717) is 17.3 Å². The van der Waals surface area contributed by atoms with Crippen LogP contribution < -0.4 is 16.4 Å². The van der Waals surface area contributed by atoms with Crippen molar-refractivity contribution >= 4 is 28.8 Å². The first-order valence-electron chi connectivity index (χ1n) is 7.05. The Balaban J connectivity index is 1.86. The van der Waals surface area contributed by atoms with Crippen LogP contribution in [-0.2, 0) is 0 Å². The van der Waals surface area contributed by atoms with Crippen LogP contribution in [0.15, 0.2) is 42.9 Å². The third-order valence-electron chi connectivity index (χ3n) is 3.23. The van der Waals surface area contributed by atoms with Crippen molar-refractivity contribution in [3.63, 3.8) is 0 Å². The molecule has 0 unspecified atom stereocenters. The Kier molecular flexibility index (Phi) is 4.19. The third kappa shape index (κ3) is 3.37. The van der Waals surface area contributed by atoms with Gasteiger partial charge < -0.3 is 16.4 Å². The molecule has 0 atom stereocenters. The van der Waals surface area contributed by atoms with Crippen LogP contribution in [0, 0.1) is 18.6 Å². The smallest absolute Gasteiger partial charge is 0.160 e. The summed E-state index contributed by atoms with van der Waals surface area (Å²) in [5.41, 5.74) is 7.61. The lowest BCUT2D eigenvalue weighted by Gasteiger charge is -2.12. The van der Waals surface area contributed by atoms with Crippen molar-refractivity contribution in [1.29, 1.82) is 0 Å². The van der Waals surface area contributed by atoms with Crippen LogP contribution in [0.1, 0.15) is 5.56 Å². The molecule has 0 saturated heterocycles. The summed E-state index contributed by atoms with van der Waals surface area (Å²) in [6, 6.07) is 7.13. The van der Waals surface area contributed by atoms with Gasteiger partial charge in [0.25, 0.3) is 0 Å². The third-order valence-corrected chi connectivity index (χ3v) is 3.23. The average Bonchev–Trinajstić information content (AvgIpc) is 2.55. The molecule has 0 saturated carbocycles. The van der Waals surface area contributed by atoms with Crippen LogP contribution in [0.3, 0.4) is 0 Å². The maximum atomic E-state index is 13.3. The van der Waals surface area contributed by atoms with Gasteiger partial charge in [0.15, 0.2) is 23.3 Å². The normalized spacial score (nSPS) is 10.5. The van der Waals surface area contributed by atoms with Crippen molar-refractivity contribution in [3.05, 3.63) is 60.1 Å². The molecule has 8 heteroatoms. The molecule has 4 N–H and O–H groups in total. The SMILES string of the molecule is Cc1ccnc(Nc2ncnc(Nc3ccc(F)c(F)c3)c2N)c1.